The van der Waals surface area contributed by atoms with E-state index in [1.807, 2.05) is 0 Å². The van der Waals surface area contributed by atoms with Crippen LogP contribution in [0.3, 0.4) is 0 Å². The van der Waals surface area contributed by atoms with E-state index in [1.165, 1.54) is 11.0 Å². The van der Waals surface area contributed by atoms with Crippen LogP contribution < -0.4 is 5.32 Å². The van der Waals surface area contributed by atoms with Crippen molar-refractivity contribution in [3.8, 4) is 0 Å². The Bertz CT molecular complexity index is 614. The molecule has 5 nitrogen and oxygen atoms in total. The zero-order valence-electron chi connectivity index (χ0n) is 14.7. The molecule has 7 heteroatoms. The number of benzene rings is 1. The van der Waals surface area contributed by atoms with Gasteiger partial charge in [-0.1, -0.05) is 13.8 Å². The van der Waals surface area contributed by atoms with Gasteiger partial charge in [0.25, 0.3) is 5.91 Å². The van der Waals surface area contributed by atoms with Gasteiger partial charge in [-0.2, -0.15) is 0 Å². The molecule has 0 radical (unpaired) electrons. The molecule has 25 heavy (non-hydrogen) atoms. The van der Waals surface area contributed by atoms with Gasteiger partial charge in [0, 0.05) is 25.2 Å². The zero-order chi connectivity index (χ0) is 18.4. The molecule has 0 aliphatic carbocycles. The molecule has 1 fully saturated rings. The second-order valence-electron chi connectivity index (χ2n) is 6.21. The van der Waals surface area contributed by atoms with Crippen LogP contribution in [0.5, 0.6) is 0 Å². The Morgan fingerprint density at radius 1 is 1.20 bits per heavy atom. The molecule has 0 spiro atoms. The highest BCUT2D eigenvalue weighted by atomic mass is 19.2. The molecule has 138 valence electrons. The van der Waals surface area contributed by atoms with Crippen LogP contribution in [0.4, 0.5) is 8.78 Å². The van der Waals surface area contributed by atoms with Crippen molar-refractivity contribution < 1.29 is 18.4 Å². The van der Waals surface area contributed by atoms with E-state index in [-0.39, 0.29) is 23.3 Å². The molecule has 0 aromatic heterocycles. The SMILES string of the molecule is CCN(CC)CCCNC(=O)C1CN(C(=O)c2ccc(F)c(F)c2)C1. The van der Waals surface area contributed by atoms with Crippen LogP contribution in [0, 0.1) is 17.6 Å². The molecule has 2 amide bonds. The molecule has 2 rings (SSSR count). The van der Waals surface area contributed by atoms with Crippen LogP contribution in [-0.4, -0.2) is 60.9 Å². The Kier molecular flexibility index (Phi) is 6.87. The summed E-state index contributed by atoms with van der Waals surface area (Å²) < 4.78 is 26.1. The van der Waals surface area contributed by atoms with Crippen molar-refractivity contribution in [2.75, 3.05) is 39.3 Å². The minimum Gasteiger partial charge on any atom is -0.356 e. The van der Waals surface area contributed by atoms with E-state index in [0.717, 1.165) is 38.2 Å². The lowest BCUT2D eigenvalue weighted by molar-refractivity contribution is -0.128. The van der Waals surface area contributed by atoms with Crippen molar-refractivity contribution >= 4 is 11.8 Å². The van der Waals surface area contributed by atoms with Crippen molar-refractivity contribution in [2.24, 2.45) is 5.92 Å². The van der Waals surface area contributed by atoms with Crippen LogP contribution in [0.15, 0.2) is 18.2 Å². The van der Waals surface area contributed by atoms with E-state index in [2.05, 4.69) is 24.1 Å². The second kappa shape index (κ2) is 8.89. The van der Waals surface area contributed by atoms with Crippen molar-refractivity contribution in [1.29, 1.82) is 0 Å². The number of carbonyl (C=O) groups excluding carboxylic acids is 2. The number of hydrogen-bond acceptors (Lipinski definition) is 3. The van der Waals surface area contributed by atoms with Gasteiger partial charge in [0.15, 0.2) is 11.6 Å². The Morgan fingerprint density at radius 2 is 1.88 bits per heavy atom. The maximum absolute atomic E-state index is 13.2. The van der Waals surface area contributed by atoms with E-state index < -0.39 is 11.6 Å². The summed E-state index contributed by atoms with van der Waals surface area (Å²) >= 11 is 0. The van der Waals surface area contributed by atoms with Gasteiger partial charge in [-0.3, -0.25) is 9.59 Å². The zero-order valence-corrected chi connectivity index (χ0v) is 14.7. The van der Waals surface area contributed by atoms with Crippen LogP contribution in [0.2, 0.25) is 0 Å². The summed E-state index contributed by atoms with van der Waals surface area (Å²) in [6.45, 7) is 8.37. The van der Waals surface area contributed by atoms with Crippen molar-refractivity contribution in [3.05, 3.63) is 35.4 Å². The van der Waals surface area contributed by atoms with E-state index in [1.54, 1.807) is 0 Å². The number of carbonyl (C=O) groups is 2. The van der Waals surface area contributed by atoms with E-state index in [0.29, 0.717) is 19.6 Å². The lowest BCUT2D eigenvalue weighted by Crippen LogP contribution is -2.55. The molecule has 1 aromatic carbocycles. The van der Waals surface area contributed by atoms with Crippen molar-refractivity contribution in [1.82, 2.24) is 15.1 Å². The molecular weight excluding hydrogens is 328 g/mol. The highest BCUT2D eigenvalue weighted by molar-refractivity contribution is 5.96. The fraction of sp³-hybridized carbons (Fsp3) is 0.556. The normalized spacial score (nSPS) is 14.5. The first-order chi connectivity index (χ1) is 12.0. The first kappa shape index (κ1) is 19.3. The maximum Gasteiger partial charge on any atom is 0.254 e. The molecule has 0 bridgehead atoms. The number of nitrogens with zero attached hydrogens (tertiary/aromatic N) is 2. The third-order valence-electron chi connectivity index (χ3n) is 4.55. The van der Waals surface area contributed by atoms with Gasteiger partial charge in [0.1, 0.15) is 0 Å². The fourth-order valence-corrected chi connectivity index (χ4v) is 2.82. The monoisotopic (exact) mass is 353 g/mol. The third-order valence-corrected chi connectivity index (χ3v) is 4.55. The Morgan fingerprint density at radius 3 is 2.48 bits per heavy atom. The molecule has 1 aliphatic heterocycles. The van der Waals surface area contributed by atoms with Gasteiger partial charge in [-0.05, 0) is 44.3 Å². The second-order valence-corrected chi connectivity index (χ2v) is 6.21. The molecule has 1 N–H and O–H groups in total. The molecule has 0 atom stereocenters. The summed E-state index contributed by atoms with van der Waals surface area (Å²) in [5, 5.41) is 2.89. The first-order valence-electron chi connectivity index (χ1n) is 8.70. The maximum atomic E-state index is 13.2. The highest BCUT2D eigenvalue weighted by Gasteiger charge is 2.36. The summed E-state index contributed by atoms with van der Waals surface area (Å²) in [7, 11) is 0. The third kappa shape index (κ3) is 4.98. The molecule has 1 heterocycles. The van der Waals surface area contributed by atoms with Crippen LogP contribution in [0.1, 0.15) is 30.6 Å². The number of likely N-dealkylation sites (tertiary alicyclic amines) is 1. The van der Waals surface area contributed by atoms with E-state index in [9.17, 15) is 18.4 Å². The minimum atomic E-state index is -1.05. The quantitative estimate of drug-likeness (QED) is 0.726. The van der Waals surface area contributed by atoms with Gasteiger partial charge in [0.05, 0.1) is 5.92 Å². The summed E-state index contributed by atoms with van der Waals surface area (Å²) in [5.41, 5.74) is 0.0944. The van der Waals surface area contributed by atoms with Crippen molar-refractivity contribution in [2.45, 2.75) is 20.3 Å². The van der Waals surface area contributed by atoms with E-state index >= 15 is 0 Å². The molecule has 0 saturated carbocycles. The summed E-state index contributed by atoms with van der Waals surface area (Å²) in [6, 6.07) is 3.07. The van der Waals surface area contributed by atoms with Gasteiger partial charge < -0.3 is 15.1 Å². The largest absolute Gasteiger partial charge is 0.356 e. The topological polar surface area (TPSA) is 52.7 Å². The average molecular weight is 353 g/mol. The molecular formula is C18H25F2N3O2. The number of nitrogens with one attached hydrogen (secondary N) is 1. The van der Waals surface area contributed by atoms with Crippen molar-refractivity contribution in [3.63, 3.8) is 0 Å². The lowest BCUT2D eigenvalue weighted by Gasteiger charge is -2.38. The summed E-state index contributed by atoms with van der Waals surface area (Å²) in [4.78, 5) is 28.0. The number of rotatable bonds is 8. The van der Waals surface area contributed by atoms with Gasteiger partial charge >= 0.3 is 0 Å². The molecule has 0 unspecified atom stereocenters. The average Bonchev–Trinajstić information content (AvgIpc) is 2.56. The Balaban J connectivity index is 1.71. The van der Waals surface area contributed by atoms with Gasteiger partial charge in [0.2, 0.25) is 5.91 Å². The molecule has 1 aromatic rings. The Labute approximate surface area is 147 Å². The minimum absolute atomic E-state index is 0.0612. The summed E-state index contributed by atoms with van der Waals surface area (Å²) in [5.74, 6) is -2.71. The van der Waals surface area contributed by atoms with Crippen LogP contribution >= 0.6 is 0 Å². The van der Waals surface area contributed by atoms with Crippen LogP contribution in [-0.2, 0) is 4.79 Å². The first-order valence-corrected chi connectivity index (χ1v) is 8.70. The molecule has 1 aliphatic rings. The van der Waals surface area contributed by atoms with E-state index in [4.69, 9.17) is 0 Å². The smallest absolute Gasteiger partial charge is 0.254 e. The predicted molar refractivity (Wildman–Crippen MR) is 91.2 cm³/mol. The fourth-order valence-electron chi connectivity index (χ4n) is 2.82. The number of amides is 2. The number of hydrogen-bond donors (Lipinski definition) is 1. The lowest BCUT2D eigenvalue weighted by atomic mass is 9.97. The Hall–Kier alpha value is -2.02. The number of halogens is 2. The van der Waals surface area contributed by atoms with Gasteiger partial charge in [-0.15, -0.1) is 0 Å². The summed E-state index contributed by atoms with van der Waals surface area (Å²) in [6.07, 6.45) is 0.887. The molecule has 1 saturated heterocycles. The van der Waals surface area contributed by atoms with Gasteiger partial charge in [-0.25, -0.2) is 8.78 Å². The standard InChI is InChI=1S/C18H25F2N3O2/c1-3-22(4-2)9-5-8-21-17(24)14-11-23(12-14)18(25)13-6-7-15(19)16(20)10-13/h6-7,10,14H,3-5,8-9,11-12H2,1-2H3,(H,21,24). The highest BCUT2D eigenvalue weighted by Crippen LogP contribution is 2.20. The van der Waals surface area contributed by atoms with Crippen LogP contribution in [0.25, 0.3) is 0 Å². The predicted octanol–water partition coefficient (Wildman–Crippen LogP) is 1.88.